The monoisotopic (exact) mass is 374 g/mol. The molecule has 1 aliphatic carbocycles. The molecule has 6 heteroatoms. The summed E-state index contributed by atoms with van der Waals surface area (Å²) in [5.74, 6) is 0. The number of nitrogens with one attached hydrogen (secondary N) is 1. The zero-order chi connectivity index (χ0) is 15.7. The summed E-state index contributed by atoms with van der Waals surface area (Å²) < 4.78 is 28.5. The van der Waals surface area contributed by atoms with Crippen molar-refractivity contribution in [1.82, 2.24) is 4.72 Å². The first-order valence-corrected chi connectivity index (χ1v) is 9.60. The van der Waals surface area contributed by atoms with Gasteiger partial charge in [-0.05, 0) is 64.7 Å². The van der Waals surface area contributed by atoms with Gasteiger partial charge < -0.3 is 5.73 Å². The zero-order valence-corrected chi connectivity index (χ0v) is 15.0. The third-order valence-corrected chi connectivity index (χ3v) is 6.92. The Morgan fingerprint density at radius 1 is 1.38 bits per heavy atom. The molecule has 1 aromatic rings. The lowest BCUT2D eigenvalue weighted by molar-refractivity contribution is 0.449. The molecule has 0 atom stereocenters. The minimum atomic E-state index is -3.51. The second-order valence-corrected chi connectivity index (χ2v) is 8.53. The van der Waals surface area contributed by atoms with Gasteiger partial charge in [-0.2, -0.15) is 0 Å². The molecule has 0 spiro atoms. The highest BCUT2D eigenvalue weighted by Crippen LogP contribution is 2.49. The topological polar surface area (TPSA) is 72.2 Å². The second kappa shape index (κ2) is 6.36. The van der Waals surface area contributed by atoms with E-state index >= 15 is 0 Å². The Morgan fingerprint density at radius 2 is 2.05 bits per heavy atom. The first kappa shape index (κ1) is 16.9. The molecule has 0 heterocycles. The van der Waals surface area contributed by atoms with Crippen molar-refractivity contribution < 1.29 is 8.42 Å². The zero-order valence-electron chi connectivity index (χ0n) is 12.6. The van der Waals surface area contributed by atoms with Crippen molar-refractivity contribution >= 4 is 26.0 Å². The van der Waals surface area contributed by atoms with Crippen molar-refractivity contribution in [2.24, 2.45) is 11.1 Å². The maximum atomic E-state index is 12.6. The molecule has 21 heavy (non-hydrogen) atoms. The van der Waals surface area contributed by atoms with E-state index in [1.807, 2.05) is 13.0 Å². The highest BCUT2D eigenvalue weighted by molar-refractivity contribution is 9.10. The van der Waals surface area contributed by atoms with Crippen LogP contribution in [0.4, 0.5) is 0 Å². The SMILES string of the molecule is CCCC1(CNS(=O)(=O)c2cc(CN)cc(C)c2Br)CC1. The molecule has 2 rings (SSSR count). The van der Waals surface area contributed by atoms with E-state index in [9.17, 15) is 8.42 Å². The second-order valence-electron chi connectivity index (χ2n) is 6.00. The summed E-state index contributed by atoms with van der Waals surface area (Å²) >= 11 is 3.39. The van der Waals surface area contributed by atoms with Crippen molar-refractivity contribution in [2.45, 2.75) is 51.0 Å². The van der Waals surface area contributed by atoms with Gasteiger partial charge in [0.15, 0.2) is 0 Å². The fourth-order valence-corrected chi connectivity index (χ4v) is 4.89. The molecule has 0 saturated heterocycles. The summed E-state index contributed by atoms with van der Waals surface area (Å²) in [5.41, 5.74) is 7.54. The van der Waals surface area contributed by atoms with Gasteiger partial charge in [-0.15, -0.1) is 0 Å². The van der Waals surface area contributed by atoms with E-state index in [0.717, 1.165) is 36.8 Å². The third kappa shape index (κ3) is 3.86. The number of aryl methyl sites for hydroxylation is 1. The maximum absolute atomic E-state index is 12.6. The van der Waals surface area contributed by atoms with E-state index in [1.54, 1.807) is 6.07 Å². The molecule has 0 amide bonds. The maximum Gasteiger partial charge on any atom is 0.241 e. The lowest BCUT2D eigenvalue weighted by Crippen LogP contribution is -2.30. The van der Waals surface area contributed by atoms with E-state index in [1.165, 1.54) is 0 Å². The first-order valence-electron chi connectivity index (χ1n) is 7.32. The van der Waals surface area contributed by atoms with Crippen LogP contribution in [0, 0.1) is 12.3 Å². The fraction of sp³-hybridized carbons (Fsp3) is 0.600. The number of nitrogens with two attached hydrogens (primary N) is 1. The normalized spacial score (nSPS) is 17.0. The van der Waals surface area contributed by atoms with Gasteiger partial charge >= 0.3 is 0 Å². The molecule has 118 valence electrons. The van der Waals surface area contributed by atoms with Crippen LogP contribution >= 0.6 is 15.9 Å². The smallest absolute Gasteiger partial charge is 0.241 e. The number of sulfonamides is 1. The lowest BCUT2D eigenvalue weighted by Gasteiger charge is -2.17. The van der Waals surface area contributed by atoms with E-state index in [2.05, 4.69) is 27.6 Å². The molecule has 1 fully saturated rings. The van der Waals surface area contributed by atoms with E-state index < -0.39 is 10.0 Å². The summed E-state index contributed by atoms with van der Waals surface area (Å²) in [5, 5.41) is 0. The summed E-state index contributed by atoms with van der Waals surface area (Å²) in [6, 6.07) is 3.56. The predicted octanol–water partition coefficient (Wildman–Crippen LogP) is 3.07. The van der Waals surface area contributed by atoms with E-state index in [0.29, 0.717) is 17.6 Å². The predicted molar refractivity (Wildman–Crippen MR) is 88.5 cm³/mol. The summed E-state index contributed by atoms with van der Waals surface area (Å²) in [6.07, 6.45) is 4.41. The summed E-state index contributed by atoms with van der Waals surface area (Å²) in [4.78, 5) is 0.287. The van der Waals surface area contributed by atoms with Crippen molar-refractivity contribution in [1.29, 1.82) is 0 Å². The van der Waals surface area contributed by atoms with Crippen LogP contribution in [0.15, 0.2) is 21.5 Å². The first-order chi connectivity index (χ1) is 9.83. The number of halogens is 1. The number of hydrogen-bond donors (Lipinski definition) is 2. The van der Waals surface area contributed by atoms with Crippen LogP contribution in [-0.2, 0) is 16.6 Å². The van der Waals surface area contributed by atoms with Crippen LogP contribution in [0.1, 0.15) is 43.7 Å². The van der Waals surface area contributed by atoms with Gasteiger partial charge in [0.1, 0.15) is 0 Å². The highest BCUT2D eigenvalue weighted by atomic mass is 79.9. The van der Waals surface area contributed by atoms with Gasteiger partial charge in [-0.1, -0.05) is 19.4 Å². The Hall–Kier alpha value is -0.430. The van der Waals surface area contributed by atoms with Gasteiger partial charge in [0, 0.05) is 17.6 Å². The average Bonchev–Trinajstić information content (AvgIpc) is 3.20. The molecule has 1 aromatic carbocycles. The van der Waals surface area contributed by atoms with Crippen LogP contribution in [0.25, 0.3) is 0 Å². The van der Waals surface area contributed by atoms with Crippen LogP contribution in [-0.4, -0.2) is 15.0 Å². The molecular formula is C15H23BrN2O2S. The number of hydrogen-bond acceptors (Lipinski definition) is 3. The summed E-state index contributed by atoms with van der Waals surface area (Å²) in [6.45, 7) is 4.87. The Bertz CT molecular complexity index is 625. The summed E-state index contributed by atoms with van der Waals surface area (Å²) in [7, 11) is -3.51. The Kier molecular flexibility index (Phi) is 5.13. The van der Waals surface area contributed by atoms with Crippen LogP contribution < -0.4 is 10.5 Å². The third-order valence-electron chi connectivity index (χ3n) is 4.18. The molecule has 0 radical (unpaired) electrons. The van der Waals surface area contributed by atoms with Gasteiger partial charge in [0.25, 0.3) is 0 Å². The van der Waals surface area contributed by atoms with Crippen molar-refractivity contribution in [2.75, 3.05) is 6.54 Å². The fourth-order valence-electron chi connectivity index (χ4n) is 2.67. The number of rotatable bonds is 7. The van der Waals surface area contributed by atoms with Crippen LogP contribution in [0.3, 0.4) is 0 Å². The highest BCUT2D eigenvalue weighted by Gasteiger charge is 2.42. The Balaban J connectivity index is 2.22. The standard InChI is InChI=1S/C15H23BrN2O2S/c1-3-4-15(5-6-15)10-18-21(19,20)13-8-12(9-17)7-11(2)14(13)16/h7-8,18H,3-6,9-10,17H2,1-2H3. The van der Waals surface area contributed by atoms with E-state index in [4.69, 9.17) is 5.73 Å². The minimum absolute atomic E-state index is 0.189. The molecule has 4 nitrogen and oxygen atoms in total. The van der Waals surface area contributed by atoms with Crippen molar-refractivity contribution in [3.63, 3.8) is 0 Å². The van der Waals surface area contributed by atoms with Crippen molar-refractivity contribution in [3.05, 3.63) is 27.7 Å². The largest absolute Gasteiger partial charge is 0.326 e. The van der Waals surface area contributed by atoms with Crippen LogP contribution in [0.5, 0.6) is 0 Å². The van der Waals surface area contributed by atoms with E-state index in [-0.39, 0.29) is 10.3 Å². The van der Waals surface area contributed by atoms with Gasteiger partial charge in [0.2, 0.25) is 10.0 Å². The quantitative estimate of drug-likeness (QED) is 0.769. The van der Waals surface area contributed by atoms with Crippen LogP contribution in [0.2, 0.25) is 0 Å². The molecule has 0 aromatic heterocycles. The average molecular weight is 375 g/mol. The minimum Gasteiger partial charge on any atom is -0.326 e. The number of benzene rings is 1. The van der Waals surface area contributed by atoms with Crippen molar-refractivity contribution in [3.8, 4) is 0 Å². The lowest BCUT2D eigenvalue weighted by atomic mass is 10.0. The molecule has 1 aliphatic rings. The van der Waals surface area contributed by atoms with Gasteiger partial charge in [0.05, 0.1) is 4.90 Å². The molecule has 3 N–H and O–H groups in total. The molecular weight excluding hydrogens is 352 g/mol. The Morgan fingerprint density at radius 3 is 2.57 bits per heavy atom. The van der Waals surface area contributed by atoms with Gasteiger partial charge in [-0.3, -0.25) is 0 Å². The molecule has 0 bridgehead atoms. The Labute approximate surface area is 135 Å². The van der Waals surface area contributed by atoms with Gasteiger partial charge in [-0.25, -0.2) is 13.1 Å². The molecule has 1 saturated carbocycles. The molecule has 0 unspecified atom stereocenters. The molecule has 0 aliphatic heterocycles.